The van der Waals surface area contributed by atoms with E-state index < -0.39 is 0 Å². The van der Waals surface area contributed by atoms with E-state index in [0.29, 0.717) is 0 Å². The molecule has 1 aliphatic carbocycles. The quantitative estimate of drug-likeness (QED) is 0.631. The van der Waals surface area contributed by atoms with Crippen molar-refractivity contribution in [2.45, 2.75) is 51.9 Å². The largest absolute Gasteiger partial charge is 1.00 e. The molecule has 1 unspecified atom stereocenters. The molecule has 1 rings (SSSR count). The lowest BCUT2D eigenvalue weighted by Crippen LogP contribution is -2.10. The lowest BCUT2D eigenvalue weighted by molar-refractivity contribution is 0.417. The summed E-state index contributed by atoms with van der Waals surface area (Å²) in [5.41, 5.74) is 1.54. The van der Waals surface area contributed by atoms with E-state index in [1.165, 1.54) is 56.7 Å². The molecule has 0 aromatic rings. The van der Waals surface area contributed by atoms with Gasteiger partial charge in [0.05, 0.1) is 0 Å². The number of unbranched alkanes of at least 4 members (excludes halogenated alkanes) is 1. The van der Waals surface area contributed by atoms with Crippen molar-refractivity contribution in [2.75, 3.05) is 0 Å². The monoisotopic (exact) mass is 180 g/mol. The minimum atomic E-state index is 0. The molecule has 0 spiro atoms. The van der Waals surface area contributed by atoms with Crippen LogP contribution in [0.25, 0.3) is 0 Å². The molecule has 13 heavy (non-hydrogen) atoms. The second-order valence-corrected chi connectivity index (χ2v) is 3.99. The van der Waals surface area contributed by atoms with Gasteiger partial charge in [-0.25, -0.2) is 0 Å². The van der Waals surface area contributed by atoms with E-state index in [0.717, 1.165) is 5.92 Å². The van der Waals surface area contributed by atoms with E-state index in [2.05, 4.69) is 6.92 Å². The number of allylic oxidation sites excluding steroid dienone is 2. The minimum absolute atomic E-state index is 0. The standard InChI is InChI=1S/C12H21N/c1-2-3-6-11-7-4-5-8-12(11)9-10-13/h9-11,13H,2-8H2,1H3/p+1/b12-9+,13-10?. The van der Waals surface area contributed by atoms with Gasteiger partial charge in [0.2, 0.25) is 0 Å². The Morgan fingerprint density at radius 1 is 1.54 bits per heavy atom. The molecule has 0 aromatic heterocycles. The summed E-state index contributed by atoms with van der Waals surface area (Å²) in [7, 11) is 0. The van der Waals surface area contributed by atoms with E-state index in [1.807, 2.05) is 6.08 Å². The molecule has 0 saturated heterocycles. The maximum absolute atomic E-state index is 7.10. The van der Waals surface area contributed by atoms with Gasteiger partial charge in [0.1, 0.15) is 0 Å². The van der Waals surface area contributed by atoms with E-state index in [1.54, 1.807) is 0 Å². The molecule has 1 nitrogen and oxygen atoms in total. The van der Waals surface area contributed by atoms with Crippen LogP contribution in [0, 0.1) is 11.3 Å². The van der Waals surface area contributed by atoms with Gasteiger partial charge in [0.25, 0.3) is 0 Å². The molecule has 1 N–H and O–H groups in total. The zero-order chi connectivity index (χ0) is 9.52. The smallest absolute Gasteiger partial charge is 0.309 e. The number of rotatable bonds is 4. The summed E-state index contributed by atoms with van der Waals surface area (Å²) in [5.74, 6) is 0.801. The SMILES string of the molecule is CCCCC1CCCC/C1=C\C=N.[H+]. The van der Waals surface area contributed by atoms with Crippen LogP contribution in [0.5, 0.6) is 0 Å². The van der Waals surface area contributed by atoms with Crippen molar-refractivity contribution >= 4 is 6.21 Å². The highest BCUT2D eigenvalue weighted by atomic mass is 14.3. The van der Waals surface area contributed by atoms with Gasteiger partial charge in [-0.2, -0.15) is 0 Å². The zero-order valence-corrected chi connectivity index (χ0v) is 8.68. The Labute approximate surface area is 83.2 Å². The van der Waals surface area contributed by atoms with Crippen LogP contribution in [0.2, 0.25) is 0 Å². The first-order valence-corrected chi connectivity index (χ1v) is 5.58. The first-order valence-electron chi connectivity index (χ1n) is 5.58. The third-order valence-electron chi connectivity index (χ3n) is 3.00. The average Bonchev–Trinajstić information content (AvgIpc) is 2.17. The number of hydrogen-bond donors (Lipinski definition) is 1. The van der Waals surface area contributed by atoms with Crippen LogP contribution >= 0.6 is 0 Å². The van der Waals surface area contributed by atoms with Gasteiger partial charge in [0, 0.05) is 6.21 Å². The van der Waals surface area contributed by atoms with Crippen LogP contribution in [0.1, 0.15) is 53.3 Å². The Hall–Kier alpha value is -0.590. The molecule has 0 aliphatic heterocycles. The first kappa shape index (κ1) is 10.5. The molecule has 0 bridgehead atoms. The third kappa shape index (κ3) is 3.33. The molecule has 1 atom stereocenters. The van der Waals surface area contributed by atoms with Gasteiger partial charge in [-0.05, 0) is 37.7 Å². The molecule has 1 saturated carbocycles. The van der Waals surface area contributed by atoms with E-state index in [4.69, 9.17) is 5.41 Å². The topological polar surface area (TPSA) is 23.9 Å². The molecule has 0 amide bonds. The van der Waals surface area contributed by atoms with Gasteiger partial charge < -0.3 is 5.41 Å². The predicted octanol–water partition coefficient (Wildman–Crippen LogP) is 4.06. The van der Waals surface area contributed by atoms with Gasteiger partial charge in [-0.15, -0.1) is 0 Å². The molecular weight excluding hydrogens is 158 g/mol. The summed E-state index contributed by atoms with van der Waals surface area (Å²) in [6.45, 7) is 2.25. The minimum Gasteiger partial charge on any atom is -0.309 e. The van der Waals surface area contributed by atoms with Crippen molar-refractivity contribution in [3.63, 3.8) is 0 Å². The molecule has 0 aromatic carbocycles. The summed E-state index contributed by atoms with van der Waals surface area (Å²) in [5, 5.41) is 7.10. The lowest BCUT2D eigenvalue weighted by Gasteiger charge is -2.24. The van der Waals surface area contributed by atoms with E-state index >= 15 is 0 Å². The summed E-state index contributed by atoms with van der Waals surface area (Å²) in [6.07, 6.45) is 12.8. The van der Waals surface area contributed by atoms with Gasteiger partial charge in [-0.1, -0.05) is 31.8 Å². The van der Waals surface area contributed by atoms with Crippen LogP contribution in [-0.4, -0.2) is 6.21 Å². The molecule has 1 aliphatic rings. The lowest BCUT2D eigenvalue weighted by atomic mass is 9.81. The fraction of sp³-hybridized carbons (Fsp3) is 0.750. The molecule has 74 valence electrons. The number of nitrogens with one attached hydrogen (secondary N) is 1. The highest BCUT2D eigenvalue weighted by molar-refractivity contribution is 5.69. The zero-order valence-electron chi connectivity index (χ0n) is 9.68. The predicted molar refractivity (Wildman–Crippen MR) is 59.5 cm³/mol. The van der Waals surface area contributed by atoms with Crippen LogP contribution in [0.3, 0.4) is 0 Å². The third-order valence-corrected chi connectivity index (χ3v) is 3.00. The average molecular weight is 180 g/mol. The molecule has 0 radical (unpaired) electrons. The Kier molecular flexibility index (Phi) is 4.81. The van der Waals surface area contributed by atoms with Crippen molar-refractivity contribution in [3.8, 4) is 0 Å². The van der Waals surface area contributed by atoms with Crippen molar-refractivity contribution in [1.29, 1.82) is 5.41 Å². The number of hydrogen-bond acceptors (Lipinski definition) is 1. The van der Waals surface area contributed by atoms with Crippen LogP contribution in [-0.2, 0) is 0 Å². The fourth-order valence-corrected chi connectivity index (χ4v) is 2.22. The van der Waals surface area contributed by atoms with Crippen molar-refractivity contribution in [2.24, 2.45) is 5.92 Å². The van der Waals surface area contributed by atoms with Gasteiger partial charge >= 0.3 is 1.43 Å². The van der Waals surface area contributed by atoms with Crippen molar-refractivity contribution < 1.29 is 1.43 Å². The summed E-state index contributed by atoms with van der Waals surface area (Å²) in [6, 6.07) is 0. The van der Waals surface area contributed by atoms with E-state index in [-0.39, 0.29) is 1.43 Å². The Morgan fingerprint density at radius 2 is 2.38 bits per heavy atom. The fourth-order valence-electron chi connectivity index (χ4n) is 2.22. The van der Waals surface area contributed by atoms with Gasteiger partial charge in [-0.3, -0.25) is 0 Å². The van der Waals surface area contributed by atoms with Crippen LogP contribution in [0.15, 0.2) is 11.6 Å². The van der Waals surface area contributed by atoms with Crippen LogP contribution < -0.4 is 0 Å². The van der Waals surface area contributed by atoms with Crippen molar-refractivity contribution in [3.05, 3.63) is 11.6 Å². The molecular formula is C12H22N+. The summed E-state index contributed by atoms with van der Waals surface area (Å²) >= 11 is 0. The Morgan fingerprint density at radius 3 is 3.08 bits per heavy atom. The summed E-state index contributed by atoms with van der Waals surface area (Å²) in [4.78, 5) is 0. The maximum Gasteiger partial charge on any atom is 1.00 e. The van der Waals surface area contributed by atoms with Crippen molar-refractivity contribution in [1.82, 2.24) is 0 Å². The second kappa shape index (κ2) is 5.95. The Bertz CT molecular complexity index is 187. The first-order chi connectivity index (χ1) is 6.38. The highest BCUT2D eigenvalue weighted by Crippen LogP contribution is 2.32. The summed E-state index contributed by atoms with van der Waals surface area (Å²) < 4.78 is 0. The van der Waals surface area contributed by atoms with Crippen LogP contribution in [0.4, 0.5) is 0 Å². The van der Waals surface area contributed by atoms with Gasteiger partial charge in [0.15, 0.2) is 0 Å². The highest BCUT2D eigenvalue weighted by Gasteiger charge is 2.17. The maximum atomic E-state index is 7.10. The molecule has 1 fully saturated rings. The Balaban J connectivity index is 0.00000169. The molecule has 0 heterocycles. The van der Waals surface area contributed by atoms with E-state index in [9.17, 15) is 0 Å². The molecule has 1 heteroatoms. The normalized spacial score (nSPS) is 26.2. The second-order valence-electron chi connectivity index (χ2n) is 3.99.